The van der Waals surface area contributed by atoms with Gasteiger partial charge in [0.05, 0.1) is 5.52 Å². The molecule has 2 fully saturated rings. The lowest BCUT2D eigenvalue weighted by atomic mass is 10.1. The second-order valence-corrected chi connectivity index (χ2v) is 7.26. The molecule has 1 saturated carbocycles. The van der Waals surface area contributed by atoms with Crippen molar-refractivity contribution in [3.8, 4) is 0 Å². The first-order valence-corrected chi connectivity index (χ1v) is 9.27. The van der Waals surface area contributed by atoms with Crippen LogP contribution in [0.25, 0.3) is 11.1 Å². The second kappa shape index (κ2) is 6.63. The number of rotatable bonds is 3. The Morgan fingerprint density at radius 1 is 1.20 bits per heavy atom. The smallest absolute Gasteiger partial charge is 0.266 e. The molecule has 25 heavy (non-hydrogen) atoms. The molecule has 1 aliphatic carbocycles. The van der Waals surface area contributed by atoms with Gasteiger partial charge in [0.1, 0.15) is 6.04 Å². The fourth-order valence-electron chi connectivity index (χ4n) is 3.96. The molecule has 2 heterocycles. The van der Waals surface area contributed by atoms with E-state index in [1.54, 1.807) is 17.0 Å². The van der Waals surface area contributed by atoms with E-state index in [2.05, 4.69) is 10.3 Å². The van der Waals surface area contributed by atoms with Crippen LogP contribution in [0, 0.1) is 10.8 Å². The van der Waals surface area contributed by atoms with Gasteiger partial charge in [-0.05, 0) is 50.0 Å². The van der Waals surface area contributed by atoms with Crippen LogP contribution in [0.4, 0.5) is 5.69 Å². The van der Waals surface area contributed by atoms with Gasteiger partial charge in [-0.1, -0.05) is 12.8 Å². The van der Waals surface area contributed by atoms with E-state index < -0.39 is 0 Å². The molecule has 2 N–H and O–H groups in total. The fourth-order valence-corrected chi connectivity index (χ4v) is 4.16. The Bertz CT molecular complexity index is 866. The normalized spacial score (nSPS) is 21.1. The monoisotopic (exact) mass is 359 g/mol. The van der Waals surface area contributed by atoms with E-state index in [-0.39, 0.29) is 23.8 Å². The third-order valence-corrected chi connectivity index (χ3v) is 5.42. The van der Waals surface area contributed by atoms with E-state index in [1.807, 2.05) is 6.07 Å². The number of nitrogens with one attached hydrogen (secondary N) is 2. The number of carbonyl (C=O) groups is 2. The summed E-state index contributed by atoms with van der Waals surface area (Å²) in [4.78, 5) is 30.5. The summed E-state index contributed by atoms with van der Waals surface area (Å²) < 4.78 is 5.39. The average molecular weight is 359 g/mol. The molecule has 132 valence electrons. The van der Waals surface area contributed by atoms with Gasteiger partial charge in [-0.25, -0.2) is 0 Å². The number of H-pyrrole nitrogens is 1. The van der Waals surface area contributed by atoms with Crippen LogP contribution in [0.3, 0.4) is 0 Å². The number of aromatic nitrogens is 1. The van der Waals surface area contributed by atoms with Crippen LogP contribution in [0.2, 0.25) is 0 Å². The molecule has 0 radical (unpaired) electrons. The summed E-state index contributed by atoms with van der Waals surface area (Å²) in [6.45, 7) is 0.679. The van der Waals surface area contributed by atoms with Gasteiger partial charge < -0.3 is 19.6 Å². The maximum absolute atomic E-state index is 12.7. The lowest BCUT2D eigenvalue weighted by Crippen LogP contribution is -2.45. The molecule has 0 spiro atoms. The Labute approximate surface area is 150 Å². The predicted octanol–water partition coefficient (Wildman–Crippen LogP) is 3.61. The standard InChI is InChI=1S/C18H21N3O3S/c22-16(19-12-7-8-13-15(10-12)24-18(25)20-13)14-6-3-9-21(14)17(23)11-4-1-2-5-11/h7-8,10-11,14H,1-6,9H2,(H,19,22)(H,20,25)/t14-/m0/s1. The average Bonchev–Trinajstić information content (AvgIpc) is 3.33. The van der Waals surface area contributed by atoms with Gasteiger partial charge in [0.15, 0.2) is 5.58 Å². The predicted molar refractivity (Wildman–Crippen MR) is 96.7 cm³/mol. The minimum absolute atomic E-state index is 0.105. The van der Waals surface area contributed by atoms with Crippen molar-refractivity contribution in [2.75, 3.05) is 11.9 Å². The molecular weight excluding hydrogens is 338 g/mol. The highest BCUT2D eigenvalue weighted by Gasteiger charge is 2.37. The van der Waals surface area contributed by atoms with Crippen LogP contribution in [0.1, 0.15) is 38.5 Å². The number of benzene rings is 1. The Kier molecular flexibility index (Phi) is 4.33. The van der Waals surface area contributed by atoms with E-state index in [1.165, 1.54) is 0 Å². The Balaban J connectivity index is 1.48. The number of hydrogen-bond acceptors (Lipinski definition) is 4. The maximum atomic E-state index is 12.7. The quantitative estimate of drug-likeness (QED) is 0.821. The number of anilines is 1. The lowest BCUT2D eigenvalue weighted by molar-refractivity contribution is -0.140. The van der Waals surface area contributed by atoms with E-state index in [9.17, 15) is 9.59 Å². The third-order valence-electron chi connectivity index (χ3n) is 5.23. The summed E-state index contributed by atoms with van der Waals surface area (Å²) in [5.41, 5.74) is 2.05. The highest BCUT2D eigenvalue weighted by molar-refractivity contribution is 7.71. The summed E-state index contributed by atoms with van der Waals surface area (Å²) in [5.74, 6) is 0.133. The van der Waals surface area contributed by atoms with Crippen molar-refractivity contribution in [3.63, 3.8) is 0 Å². The molecule has 0 bridgehead atoms. The third kappa shape index (κ3) is 3.20. The van der Waals surface area contributed by atoms with E-state index in [4.69, 9.17) is 16.6 Å². The summed E-state index contributed by atoms with van der Waals surface area (Å²) in [6, 6.07) is 5.00. The molecule has 1 aromatic carbocycles. The van der Waals surface area contributed by atoms with Crippen LogP contribution in [-0.2, 0) is 9.59 Å². The van der Waals surface area contributed by atoms with E-state index >= 15 is 0 Å². The number of fused-ring (bicyclic) bond motifs is 1. The van der Waals surface area contributed by atoms with Gasteiger partial charge in [0.2, 0.25) is 11.8 Å². The van der Waals surface area contributed by atoms with Crippen molar-refractivity contribution >= 4 is 40.8 Å². The topological polar surface area (TPSA) is 78.3 Å². The second-order valence-electron chi connectivity index (χ2n) is 6.89. The molecule has 6 nitrogen and oxygen atoms in total. The first-order valence-electron chi connectivity index (χ1n) is 8.86. The SMILES string of the molecule is O=C(Nc1ccc2[nH]c(=S)oc2c1)[C@@H]1CCCN1C(=O)C1CCCC1. The van der Waals surface area contributed by atoms with E-state index in [0.717, 1.165) is 44.0 Å². The largest absolute Gasteiger partial charge is 0.429 e. The highest BCUT2D eigenvalue weighted by Crippen LogP contribution is 2.30. The molecule has 4 rings (SSSR count). The summed E-state index contributed by atoms with van der Waals surface area (Å²) in [5, 5.41) is 2.92. The molecule has 2 aromatic rings. The molecule has 2 aliphatic rings. The number of hydrogen-bond donors (Lipinski definition) is 2. The number of nitrogens with zero attached hydrogens (tertiary/aromatic N) is 1. The van der Waals surface area contributed by atoms with Crippen molar-refractivity contribution in [2.45, 2.75) is 44.6 Å². The highest BCUT2D eigenvalue weighted by atomic mass is 32.1. The molecule has 1 aromatic heterocycles. The van der Waals surface area contributed by atoms with Crippen LogP contribution in [0.15, 0.2) is 22.6 Å². The number of oxazole rings is 1. The van der Waals surface area contributed by atoms with Gasteiger partial charge in [-0.3, -0.25) is 9.59 Å². The van der Waals surface area contributed by atoms with Gasteiger partial charge in [-0.15, -0.1) is 0 Å². The van der Waals surface area contributed by atoms with Crippen molar-refractivity contribution < 1.29 is 14.0 Å². The van der Waals surface area contributed by atoms with Gasteiger partial charge in [0.25, 0.3) is 4.84 Å². The fraction of sp³-hybridized carbons (Fsp3) is 0.500. The molecular formula is C18H21N3O3S. The molecule has 0 unspecified atom stereocenters. The number of likely N-dealkylation sites (tertiary alicyclic amines) is 1. The minimum Gasteiger partial charge on any atom is -0.429 e. The number of carbonyl (C=O) groups excluding carboxylic acids is 2. The number of amides is 2. The Hall–Kier alpha value is -2.15. The van der Waals surface area contributed by atoms with Gasteiger partial charge >= 0.3 is 0 Å². The van der Waals surface area contributed by atoms with Gasteiger partial charge in [-0.2, -0.15) is 0 Å². The van der Waals surface area contributed by atoms with Crippen molar-refractivity contribution in [1.82, 2.24) is 9.88 Å². The van der Waals surface area contributed by atoms with Crippen LogP contribution in [-0.4, -0.2) is 34.3 Å². The molecule has 1 saturated heterocycles. The van der Waals surface area contributed by atoms with Gasteiger partial charge in [0, 0.05) is 24.2 Å². The lowest BCUT2D eigenvalue weighted by Gasteiger charge is -2.26. The van der Waals surface area contributed by atoms with Crippen molar-refractivity contribution in [3.05, 3.63) is 23.0 Å². The minimum atomic E-state index is -0.374. The molecule has 2 amide bonds. The Morgan fingerprint density at radius 3 is 2.80 bits per heavy atom. The zero-order chi connectivity index (χ0) is 17.4. The number of aromatic amines is 1. The Morgan fingerprint density at radius 2 is 2.00 bits per heavy atom. The summed E-state index contributed by atoms with van der Waals surface area (Å²) in [7, 11) is 0. The van der Waals surface area contributed by atoms with Crippen molar-refractivity contribution in [1.29, 1.82) is 0 Å². The van der Waals surface area contributed by atoms with Crippen LogP contribution in [0.5, 0.6) is 0 Å². The zero-order valence-corrected chi connectivity index (χ0v) is 14.7. The molecule has 1 aliphatic heterocycles. The first kappa shape index (κ1) is 16.3. The molecule has 7 heteroatoms. The molecule has 1 atom stereocenters. The maximum Gasteiger partial charge on any atom is 0.266 e. The van der Waals surface area contributed by atoms with E-state index in [0.29, 0.717) is 22.7 Å². The van der Waals surface area contributed by atoms with Crippen LogP contribution >= 0.6 is 12.2 Å². The van der Waals surface area contributed by atoms with Crippen molar-refractivity contribution in [2.24, 2.45) is 5.92 Å². The zero-order valence-electron chi connectivity index (χ0n) is 13.9. The first-order chi connectivity index (χ1) is 12.1. The van der Waals surface area contributed by atoms with Crippen LogP contribution < -0.4 is 5.32 Å². The summed E-state index contributed by atoms with van der Waals surface area (Å²) in [6.07, 6.45) is 5.75. The summed E-state index contributed by atoms with van der Waals surface area (Å²) >= 11 is 4.97.